The summed E-state index contributed by atoms with van der Waals surface area (Å²) >= 11 is 1.24. The van der Waals surface area contributed by atoms with Crippen LogP contribution in [0.3, 0.4) is 0 Å². The van der Waals surface area contributed by atoms with Crippen molar-refractivity contribution in [2.75, 3.05) is 13.2 Å². The fraction of sp³-hybridized carbons (Fsp3) is 0.222. The Kier molecular flexibility index (Phi) is 9.64. The zero-order chi connectivity index (χ0) is 31.9. The lowest BCUT2D eigenvalue weighted by Gasteiger charge is -2.08. The first-order valence-corrected chi connectivity index (χ1v) is 16.2. The van der Waals surface area contributed by atoms with Gasteiger partial charge in [0, 0.05) is 17.3 Å². The van der Waals surface area contributed by atoms with Crippen LogP contribution in [0, 0.1) is 5.82 Å². The van der Waals surface area contributed by atoms with Gasteiger partial charge in [0.05, 0.1) is 23.4 Å². The minimum absolute atomic E-state index is 0.205. The molecule has 0 saturated heterocycles. The van der Waals surface area contributed by atoms with Crippen LogP contribution < -0.4 is 19.6 Å². The lowest BCUT2D eigenvalue weighted by atomic mass is 10.1. The van der Waals surface area contributed by atoms with E-state index in [0.717, 1.165) is 42.7 Å². The number of hydrogen-bond donors (Lipinski definition) is 0. The maximum Gasteiger partial charge on any atom is 0.291 e. The molecular formula is C36H34FN5O3S. The lowest BCUT2D eigenvalue weighted by molar-refractivity contribution is 0.294. The SMILES string of the molecule is CCCCOc1ccc(/C=C/c2nc3s/c(=C\c4cn(-c5ccccc5)nc4-c4ccc(OCCCC)c(F)c4)c(=O)n3n2)cc1. The molecule has 0 atom stereocenters. The number of fused-ring (bicyclic) bond motifs is 1. The highest BCUT2D eigenvalue weighted by Crippen LogP contribution is 2.29. The number of para-hydroxylation sites is 1. The number of thiazole rings is 1. The number of halogens is 1. The molecule has 3 heterocycles. The van der Waals surface area contributed by atoms with E-state index < -0.39 is 5.82 Å². The second-order valence-corrected chi connectivity index (χ2v) is 11.8. The van der Waals surface area contributed by atoms with E-state index in [4.69, 9.17) is 14.6 Å². The summed E-state index contributed by atoms with van der Waals surface area (Å²) in [5.74, 6) is 1.01. The minimum Gasteiger partial charge on any atom is -0.494 e. The van der Waals surface area contributed by atoms with E-state index in [0.29, 0.717) is 45.4 Å². The summed E-state index contributed by atoms with van der Waals surface area (Å²) in [5.41, 5.74) is 3.28. The van der Waals surface area contributed by atoms with Crippen molar-refractivity contribution < 1.29 is 13.9 Å². The molecule has 3 aromatic heterocycles. The summed E-state index contributed by atoms with van der Waals surface area (Å²) in [6.45, 7) is 5.34. The molecule has 0 aliphatic rings. The highest BCUT2D eigenvalue weighted by atomic mass is 32.1. The second kappa shape index (κ2) is 14.3. The van der Waals surface area contributed by atoms with Gasteiger partial charge in [0.2, 0.25) is 4.96 Å². The van der Waals surface area contributed by atoms with E-state index in [1.165, 1.54) is 21.9 Å². The van der Waals surface area contributed by atoms with Crippen molar-refractivity contribution in [2.45, 2.75) is 39.5 Å². The Hall–Kier alpha value is -5.09. The van der Waals surface area contributed by atoms with Gasteiger partial charge in [-0.1, -0.05) is 74.4 Å². The number of unbranched alkanes of at least 4 members (excludes halogenated alkanes) is 2. The molecule has 0 spiro atoms. The number of aromatic nitrogens is 5. The predicted octanol–water partition coefficient (Wildman–Crippen LogP) is 7.22. The van der Waals surface area contributed by atoms with Crippen molar-refractivity contribution in [3.8, 4) is 28.4 Å². The fourth-order valence-electron chi connectivity index (χ4n) is 4.76. The first-order chi connectivity index (χ1) is 22.5. The van der Waals surface area contributed by atoms with E-state index in [1.807, 2.05) is 66.9 Å². The van der Waals surface area contributed by atoms with Crippen LogP contribution in [0.1, 0.15) is 56.5 Å². The number of benzene rings is 3. The van der Waals surface area contributed by atoms with Gasteiger partial charge in [-0.2, -0.15) is 14.6 Å². The van der Waals surface area contributed by atoms with Gasteiger partial charge in [0.15, 0.2) is 17.4 Å². The Balaban J connectivity index is 1.29. The Morgan fingerprint density at radius 1 is 0.891 bits per heavy atom. The molecule has 234 valence electrons. The van der Waals surface area contributed by atoms with Crippen molar-refractivity contribution in [1.29, 1.82) is 0 Å². The van der Waals surface area contributed by atoms with Crippen molar-refractivity contribution in [1.82, 2.24) is 24.4 Å². The highest BCUT2D eigenvalue weighted by molar-refractivity contribution is 7.15. The molecule has 0 fully saturated rings. The molecular weight excluding hydrogens is 601 g/mol. The Morgan fingerprint density at radius 2 is 1.65 bits per heavy atom. The van der Waals surface area contributed by atoms with Crippen LogP contribution in [0.25, 0.3) is 40.1 Å². The molecule has 0 saturated carbocycles. The number of nitrogens with zero attached hydrogens (tertiary/aromatic N) is 5. The topological polar surface area (TPSA) is 83.5 Å². The van der Waals surface area contributed by atoms with Crippen LogP contribution in [0.4, 0.5) is 4.39 Å². The Bertz CT molecular complexity index is 2070. The molecule has 0 N–H and O–H groups in total. The smallest absolute Gasteiger partial charge is 0.291 e. The molecule has 8 nitrogen and oxygen atoms in total. The van der Waals surface area contributed by atoms with E-state index in [9.17, 15) is 4.79 Å². The molecule has 46 heavy (non-hydrogen) atoms. The summed E-state index contributed by atoms with van der Waals surface area (Å²) in [4.78, 5) is 18.4. The molecule has 10 heteroatoms. The minimum atomic E-state index is -0.464. The van der Waals surface area contributed by atoms with Gasteiger partial charge in [-0.15, -0.1) is 5.10 Å². The van der Waals surface area contributed by atoms with Crippen molar-refractivity contribution >= 4 is 34.5 Å². The van der Waals surface area contributed by atoms with E-state index in [1.54, 1.807) is 29.0 Å². The van der Waals surface area contributed by atoms with E-state index >= 15 is 4.39 Å². The standard InChI is InChI=1S/C36H34FN5O3S/c1-3-5-20-44-29-16-12-25(13-17-29)14-19-33-38-36-42(39-33)35(43)32(46-36)23-27-24-41(28-10-8-7-9-11-28)40-34(27)26-15-18-31(30(37)22-26)45-21-6-4-2/h7-19,22-24H,3-6,20-21H2,1-2H3/b19-14+,32-23-. The lowest BCUT2D eigenvalue weighted by Crippen LogP contribution is -2.23. The molecule has 0 aliphatic heterocycles. The summed E-state index contributed by atoms with van der Waals surface area (Å²) in [6.07, 6.45) is 11.2. The molecule has 0 aliphatic carbocycles. The summed E-state index contributed by atoms with van der Waals surface area (Å²) in [6, 6.07) is 22.3. The summed E-state index contributed by atoms with van der Waals surface area (Å²) in [7, 11) is 0. The molecule has 0 unspecified atom stereocenters. The van der Waals surface area contributed by atoms with E-state index in [2.05, 4.69) is 23.9 Å². The Labute approximate surface area is 270 Å². The quantitative estimate of drug-likeness (QED) is 0.125. The van der Waals surface area contributed by atoms with Crippen LogP contribution in [-0.4, -0.2) is 37.6 Å². The van der Waals surface area contributed by atoms with Crippen LogP contribution in [0.2, 0.25) is 0 Å². The summed E-state index contributed by atoms with van der Waals surface area (Å²) in [5, 5.41) is 9.21. The molecule has 0 amide bonds. The molecule has 3 aromatic carbocycles. The molecule has 0 radical (unpaired) electrons. The van der Waals surface area contributed by atoms with Crippen LogP contribution in [0.15, 0.2) is 83.8 Å². The van der Waals surface area contributed by atoms with E-state index in [-0.39, 0.29) is 11.3 Å². The number of rotatable bonds is 13. The van der Waals surface area contributed by atoms with Gasteiger partial charge in [0.25, 0.3) is 5.56 Å². The monoisotopic (exact) mass is 635 g/mol. The zero-order valence-corrected chi connectivity index (χ0v) is 26.5. The second-order valence-electron chi connectivity index (χ2n) is 10.7. The maximum absolute atomic E-state index is 15.0. The van der Waals surface area contributed by atoms with Crippen molar-refractivity contribution in [2.24, 2.45) is 0 Å². The number of ether oxygens (including phenoxy) is 2. The summed E-state index contributed by atoms with van der Waals surface area (Å²) < 4.78 is 29.9. The van der Waals surface area contributed by atoms with Crippen LogP contribution in [0.5, 0.6) is 11.5 Å². The average Bonchev–Trinajstić information content (AvgIpc) is 3.76. The highest BCUT2D eigenvalue weighted by Gasteiger charge is 2.16. The first-order valence-electron chi connectivity index (χ1n) is 15.4. The average molecular weight is 636 g/mol. The molecule has 6 aromatic rings. The van der Waals surface area contributed by atoms with Gasteiger partial charge < -0.3 is 9.47 Å². The van der Waals surface area contributed by atoms with Gasteiger partial charge in [0.1, 0.15) is 11.4 Å². The van der Waals surface area contributed by atoms with Gasteiger partial charge in [-0.3, -0.25) is 4.79 Å². The Morgan fingerprint density at radius 3 is 2.37 bits per heavy atom. The molecule has 6 rings (SSSR count). The zero-order valence-electron chi connectivity index (χ0n) is 25.7. The predicted molar refractivity (Wildman–Crippen MR) is 181 cm³/mol. The normalized spacial score (nSPS) is 12.0. The van der Waals surface area contributed by atoms with Crippen molar-refractivity contribution in [3.05, 3.63) is 117 Å². The first kappa shape index (κ1) is 30.9. The van der Waals surface area contributed by atoms with Crippen LogP contribution >= 0.6 is 11.3 Å². The number of hydrogen-bond acceptors (Lipinski definition) is 7. The van der Waals surface area contributed by atoms with Gasteiger partial charge in [-0.25, -0.2) is 9.07 Å². The van der Waals surface area contributed by atoms with Crippen LogP contribution in [-0.2, 0) is 0 Å². The van der Waals surface area contributed by atoms with Gasteiger partial charge >= 0.3 is 0 Å². The third-order valence-electron chi connectivity index (χ3n) is 7.28. The third kappa shape index (κ3) is 7.07. The third-order valence-corrected chi connectivity index (χ3v) is 8.24. The fourth-order valence-corrected chi connectivity index (χ4v) is 5.67. The van der Waals surface area contributed by atoms with Crippen molar-refractivity contribution in [3.63, 3.8) is 0 Å². The largest absolute Gasteiger partial charge is 0.494 e. The molecule has 0 bridgehead atoms. The maximum atomic E-state index is 15.0. The van der Waals surface area contributed by atoms with Gasteiger partial charge in [-0.05, 0) is 73.0 Å².